The largest absolute Gasteiger partial charge is 0.588 e. The maximum atomic E-state index is 14.9. The number of aliphatic hydroxyl groups is 3. The van der Waals surface area contributed by atoms with Gasteiger partial charge in [0, 0.05) is 6.42 Å². The number of phosphoric ester groups is 1. The molecule has 2 aromatic rings. The second-order valence-corrected chi connectivity index (χ2v) is 23.1. The van der Waals surface area contributed by atoms with Crippen LogP contribution in [0, 0.1) is 5.92 Å². The molecule has 1 aliphatic rings. The first kappa shape index (κ1) is 66.3. The Kier molecular flexibility index (Phi) is 38.0. The fourth-order valence-corrected chi connectivity index (χ4v) is 11.8. The summed E-state index contributed by atoms with van der Waals surface area (Å²) in [5.74, 6) is -0.809. The summed E-state index contributed by atoms with van der Waals surface area (Å²) in [4.78, 5) is 28.2. The summed E-state index contributed by atoms with van der Waals surface area (Å²) >= 11 is 0. The van der Waals surface area contributed by atoms with E-state index in [0.29, 0.717) is 6.42 Å². The summed E-state index contributed by atoms with van der Waals surface area (Å²) in [5, 5.41) is 36.0. The molecule has 1 saturated heterocycles. The number of amides is 1. The van der Waals surface area contributed by atoms with Gasteiger partial charge < -0.3 is 39.2 Å². The number of benzene rings is 2. The van der Waals surface area contributed by atoms with Crippen LogP contribution in [0.3, 0.4) is 0 Å². The van der Waals surface area contributed by atoms with Crippen molar-refractivity contribution in [3.05, 3.63) is 60.7 Å². The van der Waals surface area contributed by atoms with Gasteiger partial charge in [-0.25, -0.2) is 4.57 Å². The molecule has 2 unspecified atom stereocenters. The summed E-state index contributed by atoms with van der Waals surface area (Å²) in [6, 6.07) is 15.2. The molecule has 0 aliphatic carbocycles. The molecule has 1 amide bonds. The summed E-state index contributed by atoms with van der Waals surface area (Å²) in [7, 11) is -4.71. The maximum Gasteiger partial charge on any atom is 0.588 e. The van der Waals surface area contributed by atoms with Gasteiger partial charge in [0.2, 0.25) is 5.91 Å². The molecule has 3 rings (SSSR count). The highest BCUT2D eigenvalue weighted by atomic mass is 31.2. The zero-order chi connectivity index (χ0) is 54.0. The van der Waals surface area contributed by atoms with Gasteiger partial charge in [-0.2, -0.15) is 0 Å². The van der Waals surface area contributed by atoms with Crippen LogP contribution >= 0.6 is 7.82 Å². The molecule has 0 aromatic heterocycles. The molecule has 4 N–H and O–H groups in total. The minimum atomic E-state index is -4.71. The van der Waals surface area contributed by atoms with Crippen LogP contribution in [0.25, 0.3) is 0 Å². The van der Waals surface area contributed by atoms with Gasteiger partial charge >= 0.3 is 13.8 Å². The average molecular weight is 1070 g/mol. The van der Waals surface area contributed by atoms with Crippen LogP contribution in [0.1, 0.15) is 258 Å². The quantitative estimate of drug-likeness (QED) is 0.0283. The van der Waals surface area contributed by atoms with E-state index in [1.165, 1.54) is 148 Å². The van der Waals surface area contributed by atoms with Crippen molar-refractivity contribution in [1.82, 2.24) is 5.32 Å². The third kappa shape index (κ3) is 31.3. The standard InChI is InChI=1S/C62H106NO11P/c1-4-7-10-13-16-18-19-20-21-22-23-24-26-28-31-36-43-52(42-35-30-27-15-12-9-6-3)49-58(67)71-61-59(63-57(66)50-53(65)44-37-32-29-25-17-14-11-8-5-2)62(68)70-56(51-64)60(61)74-75(69,72-54-45-38-33-39-46-54)73-55-47-40-34-41-48-55/h33-34,38-41,45-48,52-53,56,59-62,64-65,68H,4-32,35-37,42-44,49-51H2,1-3H3,(H,63,66)/t52?,53-,56-,59-,60-,61-,62?/m1/s1. The van der Waals surface area contributed by atoms with Crippen molar-refractivity contribution in [2.24, 2.45) is 5.92 Å². The Morgan fingerprint density at radius 2 is 0.920 bits per heavy atom. The number of rotatable bonds is 48. The van der Waals surface area contributed by atoms with Crippen LogP contribution in [-0.4, -0.2) is 70.6 Å². The molecular formula is C62H106NO11P. The zero-order valence-corrected chi connectivity index (χ0v) is 48.1. The Balaban J connectivity index is 1.74. The number of aliphatic hydroxyl groups excluding tert-OH is 3. The molecule has 75 heavy (non-hydrogen) atoms. The number of hydrogen-bond donors (Lipinski definition) is 4. The van der Waals surface area contributed by atoms with Crippen molar-refractivity contribution >= 4 is 19.7 Å². The van der Waals surface area contributed by atoms with E-state index < -0.39 is 63.1 Å². The highest BCUT2D eigenvalue weighted by Crippen LogP contribution is 2.52. The molecule has 1 fully saturated rings. The average Bonchev–Trinajstić information content (AvgIpc) is 3.39. The number of phosphoric acid groups is 1. The summed E-state index contributed by atoms with van der Waals surface area (Å²) < 4.78 is 45.3. The molecule has 1 aliphatic heterocycles. The van der Waals surface area contributed by atoms with Gasteiger partial charge in [0.15, 0.2) is 12.4 Å². The zero-order valence-electron chi connectivity index (χ0n) is 47.2. The molecule has 0 saturated carbocycles. The van der Waals surface area contributed by atoms with Gasteiger partial charge in [-0.1, -0.05) is 263 Å². The lowest BCUT2D eigenvalue weighted by molar-refractivity contribution is -0.255. The minimum Gasteiger partial charge on any atom is -0.457 e. The van der Waals surface area contributed by atoms with E-state index in [1.807, 2.05) is 0 Å². The summed E-state index contributed by atoms with van der Waals surface area (Å²) in [5.41, 5.74) is 0. The van der Waals surface area contributed by atoms with Crippen molar-refractivity contribution in [3.8, 4) is 11.5 Å². The van der Waals surface area contributed by atoms with Gasteiger partial charge in [0.25, 0.3) is 0 Å². The SMILES string of the molecule is CCCCCCCCCCCCCCCCCCC(CCCCCCCCC)CC(=O)O[C@H]1[C@H](OP(=O)(Oc2ccccc2)Oc2ccccc2)[C@@H](CO)OC(O)[C@@H]1NC(=O)C[C@H](O)CCCCCCCCCCC. The van der Waals surface area contributed by atoms with Gasteiger partial charge in [-0.05, 0) is 49.4 Å². The molecule has 0 radical (unpaired) electrons. The summed E-state index contributed by atoms with van der Waals surface area (Å²) in [6.45, 7) is 5.97. The molecule has 12 nitrogen and oxygen atoms in total. The van der Waals surface area contributed by atoms with E-state index in [1.54, 1.807) is 60.7 Å². The number of unbranched alkanes of at least 4 members (excludes halogenated alkanes) is 29. The van der Waals surface area contributed by atoms with Crippen LogP contribution in [0.2, 0.25) is 0 Å². The van der Waals surface area contributed by atoms with E-state index in [2.05, 4.69) is 26.1 Å². The summed E-state index contributed by atoms with van der Waals surface area (Å²) in [6.07, 6.45) is 33.7. The van der Waals surface area contributed by atoms with Crippen LogP contribution < -0.4 is 14.4 Å². The number of ether oxygens (including phenoxy) is 2. The molecule has 1 heterocycles. The highest BCUT2D eigenvalue weighted by Gasteiger charge is 2.53. The van der Waals surface area contributed by atoms with E-state index >= 15 is 0 Å². The van der Waals surface area contributed by atoms with Crippen LogP contribution in [0.15, 0.2) is 60.7 Å². The topological polar surface area (TPSA) is 170 Å². The number of carbonyl (C=O) groups is 2. The molecule has 0 bridgehead atoms. The molecular weight excluding hydrogens is 966 g/mol. The second-order valence-electron chi connectivity index (χ2n) is 21.7. The van der Waals surface area contributed by atoms with Gasteiger partial charge in [-0.3, -0.25) is 14.1 Å². The third-order valence-electron chi connectivity index (χ3n) is 14.8. The van der Waals surface area contributed by atoms with E-state index in [9.17, 15) is 29.5 Å². The van der Waals surface area contributed by atoms with Crippen molar-refractivity contribution in [3.63, 3.8) is 0 Å². The smallest absolute Gasteiger partial charge is 0.457 e. The Hall–Kier alpha value is -2.99. The predicted molar refractivity (Wildman–Crippen MR) is 304 cm³/mol. The van der Waals surface area contributed by atoms with E-state index in [0.717, 1.165) is 70.6 Å². The van der Waals surface area contributed by atoms with Gasteiger partial charge in [0.1, 0.15) is 29.7 Å². The molecule has 7 atom stereocenters. The number of para-hydroxylation sites is 2. The van der Waals surface area contributed by atoms with Gasteiger partial charge in [0.05, 0.1) is 19.1 Å². The lowest BCUT2D eigenvalue weighted by Gasteiger charge is -2.44. The van der Waals surface area contributed by atoms with E-state index in [4.69, 9.17) is 23.0 Å². The Labute approximate surface area is 455 Å². The first-order valence-corrected chi connectivity index (χ1v) is 32.0. The van der Waals surface area contributed by atoms with Crippen molar-refractivity contribution in [2.45, 2.75) is 295 Å². The second kappa shape index (κ2) is 43.0. The van der Waals surface area contributed by atoms with Crippen molar-refractivity contribution in [2.75, 3.05) is 6.61 Å². The molecule has 13 heteroatoms. The predicted octanol–water partition coefficient (Wildman–Crippen LogP) is 16.2. The Bertz CT molecular complexity index is 1680. The fraction of sp³-hybridized carbons (Fsp3) is 0.774. The monoisotopic (exact) mass is 1070 g/mol. The fourth-order valence-electron chi connectivity index (χ4n) is 10.3. The van der Waals surface area contributed by atoms with Crippen LogP contribution in [0.5, 0.6) is 11.5 Å². The molecule has 2 aromatic carbocycles. The minimum absolute atomic E-state index is 0.0377. The Morgan fingerprint density at radius 1 is 0.547 bits per heavy atom. The first-order chi connectivity index (χ1) is 36.6. The van der Waals surface area contributed by atoms with Crippen molar-refractivity contribution < 1.29 is 52.5 Å². The maximum absolute atomic E-state index is 14.9. The van der Waals surface area contributed by atoms with Crippen LogP contribution in [0.4, 0.5) is 0 Å². The first-order valence-electron chi connectivity index (χ1n) is 30.5. The number of esters is 1. The molecule has 0 spiro atoms. The Morgan fingerprint density at radius 3 is 1.31 bits per heavy atom. The third-order valence-corrected chi connectivity index (χ3v) is 16.2. The lowest BCUT2D eigenvalue weighted by atomic mass is 9.91. The normalized spacial score (nSPS) is 18.6. The molecule has 430 valence electrons. The number of nitrogens with one attached hydrogen (secondary N) is 1. The lowest BCUT2D eigenvalue weighted by Crippen LogP contribution is -2.66. The van der Waals surface area contributed by atoms with Crippen LogP contribution in [-0.2, 0) is 28.2 Å². The number of carbonyl (C=O) groups excluding carboxylic acids is 2. The van der Waals surface area contributed by atoms with Gasteiger partial charge in [-0.15, -0.1) is 0 Å². The van der Waals surface area contributed by atoms with Crippen molar-refractivity contribution in [1.29, 1.82) is 0 Å². The van der Waals surface area contributed by atoms with E-state index in [-0.39, 0.29) is 30.3 Å². The highest BCUT2D eigenvalue weighted by molar-refractivity contribution is 7.49. The number of hydrogen-bond acceptors (Lipinski definition) is 11.